The highest BCUT2D eigenvalue weighted by atomic mass is 35.5. The van der Waals surface area contributed by atoms with E-state index in [0.717, 1.165) is 6.07 Å². The van der Waals surface area contributed by atoms with Crippen molar-refractivity contribution in [1.29, 1.82) is 0 Å². The first-order chi connectivity index (χ1) is 10.5. The topological polar surface area (TPSA) is 93.0 Å². The second-order valence-corrected chi connectivity index (χ2v) is 7.07. The number of primary amides is 1. The Morgan fingerprint density at radius 3 is 2.48 bits per heavy atom. The summed E-state index contributed by atoms with van der Waals surface area (Å²) in [7, 11) is -4.96. The number of aromatic nitrogens is 1. The summed E-state index contributed by atoms with van der Waals surface area (Å²) in [5.41, 5.74) is 4.45. The van der Waals surface area contributed by atoms with Crippen LogP contribution >= 0.6 is 11.6 Å². The van der Waals surface area contributed by atoms with Crippen LogP contribution in [0.25, 0.3) is 10.9 Å². The SMILES string of the molecule is NC(=O)c1[nH]c2ccc(Cl)cc2c1S(=O)(=O)CC(F)(F)C(F)F. The Labute approximate surface area is 132 Å². The monoisotopic (exact) mass is 372 g/mol. The van der Waals surface area contributed by atoms with Crippen LogP contribution in [0.5, 0.6) is 0 Å². The molecular formula is C12H9ClF4N2O3S. The van der Waals surface area contributed by atoms with E-state index < -0.39 is 44.4 Å². The number of nitrogens with two attached hydrogens (primary N) is 1. The first-order valence-corrected chi connectivity index (χ1v) is 7.98. The Hall–Kier alpha value is -1.81. The molecule has 2 rings (SSSR count). The number of fused-ring (bicyclic) bond motifs is 1. The standard InChI is InChI=1S/C12H9ClF4N2O3S/c13-5-1-2-7-6(3-5)9(8(19-7)10(18)20)23(21,22)4-12(16,17)11(14)15/h1-3,11,19H,4H2,(H2,18,20). The van der Waals surface area contributed by atoms with Crippen molar-refractivity contribution in [2.45, 2.75) is 17.2 Å². The van der Waals surface area contributed by atoms with Crippen LogP contribution in [0.3, 0.4) is 0 Å². The van der Waals surface area contributed by atoms with Crippen LogP contribution in [-0.2, 0) is 9.84 Å². The summed E-state index contributed by atoms with van der Waals surface area (Å²) in [5, 5.41) is -0.124. The van der Waals surface area contributed by atoms with Gasteiger partial charge in [-0.25, -0.2) is 17.2 Å². The molecule has 0 aliphatic carbocycles. The largest absolute Gasteiger partial charge is 0.364 e. The molecule has 0 atom stereocenters. The van der Waals surface area contributed by atoms with E-state index in [2.05, 4.69) is 4.98 Å². The summed E-state index contributed by atoms with van der Waals surface area (Å²) in [6.07, 6.45) is -4.18. The van der Waals surface area contributed by atoms with Gasteiger partial charge in [0.1, 0.15) is 16.3 Å². The molecule has 0 saturated heterocycles. The lowest BCUT2D eigenvalue weighted by atomic mass is 10.2. The molecule has 0 saturated carbocycles. The van der Waals surface area contributed by atoms with Gasteiger partial charge in [-0.05, 0) is 18.2 Å². The molecule has 1 amide bonds. The Morgan fingerprint density at radius 1 is 1.35 bits per heavy atom. The first kappa shape index (κ1) is 17.5. The average Bonchev–Trinajstić information content (AvgIpc) is 2.76. The third kappa shape index (κ3) is 3.27. The molecule has 11 heteroatoms. The molecule has 5 nitrogen and oxygen atoms in total. The summed E-state index contributed by atoms with van der Waals surface area (Å²) < 4.78 is 75.3. The van der Waals surface area contributed by atoms with E-state index in [1.165, 1.54) is 12.1 Å². The van der Waals surface area contributed by atoms with Crippen LogP contribution in [0.4, 0.5) is 17.6 Å². The van der Waals surface area contributed by atoms with Gasteiger partial charge >= 0.3 is 12.3 Å². The fourth-order valence-electron chi connectivity index (χ4n) is 2.02. The molecule has 3 N–H and O–H groups in total. The van der Waals surface area contributed by atoms with Crippen molar-refractivity contribution >= 4 is 38.2 Å². The second kappa shape index (κ2) is 5.68. The quantitative estimate of drug-likeness (QED) is 0.790. The van der Waals surface area contributed by atoms with E-state index in [9.17, 15) is 30.8 Å². The van der Waals surface area contributed by atoms with E-state index in [1.807, 2.05) is 0 Å². The predicted molar refractivity (Wildman–Crippen MR) is 74.8 cm³/mol. The number of rotatable bonds is 5. The number of carbonyl (C=O) groups excluding carboxylic acids is 1. The minimum absolute atomic E-state index is 0.0598. The van der Waals surface area contributed by atoms with Gasteiger partial charge in [0.05, 0.1) is 0 Å². The van der Waals surface area contributed by atoms with E-state index >= 15 is 0 Å². The summed E-state index contributed by atoms with van der Waals surface area (Å²) in [6, 6.07) is 3.76. The highest BCUT2D eigenvalue weighted by Gasteiger charge is 2.46. The molecule has 1 aromatic carbocycles. The van der Waals surface area contributed by atoms with Crippen LogP contribution in [0, 0.1) is 0 Å². The molecule has 126 valence electrons. The highest BCUT2D eigenvalue weighted by molar-refractivity contribution is 7.91. The van der Waals surface area contributed by atoms with Gasteiger partial charge in [0.15, 0.2) is 9.84 Å². The van der Waals surface area contributed by atoms with Gasteiger partial charge in [0.25, 0.3) is 5.91 Å². The number of benzene rings is 1. The third-order valence-corrected chi connectivity index (χ3v) is 5.02. The zero-order valence-corrected chi connectivity index (χ0v) is 12.7. The van der Waals surface area contributed by atoms with Crippen LogP contribution in [-0.4, -0.2) is 37.4 Å². The number of amides is 1. The summed E-state index contributed by atoms with van der Waals surface area (Å²) >= 11 is 5.72. The summed E-state index contributed by atoms with van der Waals surface area (Å²) in [6.45, 7) is 0. The van der Waals surface area contributed by atoms with Crippen molar-refractivity contribution in [3.63, 3.8) is 0 Å². The molecule has 0 fully saturated rings. The number of carbonyl (C=O) groups is 1. The zero-order valence-electron chi connectivity index (χ0n) is 11.1. The number of aromatic amines is 1. The van der Waals surface area contributed by atoms with E-state index in [-0.39, 0.29) is 15.9 Å². The predicted octanol–water partition coefficient (Wildman–Crippen LogP) is 2.59. The average molecular weight is 373 g/mol. The minimum atomic E-state index is -4.96. The lowest BCUT2D eigenvalue weighted by Gasteiger charge is -2.15. The molecule has 2 aromatic rings. The lowest BCUT2D eigenvalue weighted by Crippen LogP contribution is -2.35. The molecule has 23 heavy (non-hydrogen) atoms. The molecule has 1 heterocycles. The molecule has 0 unspecified atom stereocenters. The van der Waals surface area contributed by atoms with Crippen LogP contribution in [0.1, 0.15) is 10.5 Å². The van der Waals surface area contributed by atoms with Gasteiger partial charge in [-0.3, -0.25) is 4.79 Å². The Kier molecular flexibility index (Phi) is 4.33. The van der Waals surface area contributed by atoms with E-state index in [0.29, 0.717) is 0 Å². The van der Waals surface area contributed by atoms with Crippen molar-refractivity contribution in [3.8, 4) is 0 Å². The number of H-pyrrole nitrogens is 1. The summed E-state index contributed by atoms with van der Waals surface area (Å²) in [5.74, 6) is -8.19. The van der Waals surface area contributed by atoms with Gasteiger partial charge in [-0.15, -0.1) is 0 Å². The summed E-state index contributed by atoms with van der Waals surface area (Å²) in [4.78, 5) is 12.9. The van der Waals surface area contributed by atoms with Crippen molar-refractivity contribution in [2.75, 3.05) is 5.75 Å². The van der Waals surface area contributed by atoms with Crippen molar-refractivity contribution in [3.05, 3.63) is 28.9 Å². The molecule has 0 spiro atoms. The lowest BCUT2D eigenvalue weighted by molar-refractivity contribution is -0.110. The van der Waals surface area contributed by atoms with Gasteiger partial charge in [0.2, 0.25) is 0 Å². The molecule has 0 aliphatic rings. The fraction of sp³-hybridized carbons (Fsp3) is 0.250. The maximum Gasteiger partial charge on any atom is 0.321 e. The first-order valence-electron chi connectivity index (χ1n) is 5.95. The van der Waals surface area contributed by atoms with Gasteiger partial charge in [-0.1, -0.05) is 11.6 Å². The Morgan fingerprint density at radius 2 is 1.96 bits per heavy atom. The normalized spacial score (nSPS) is 13.0. The van der Waals surface area contributed by atoms with Gasteiger partial charge in [-0.2, -0.15) is 8.78 Å². The third-order valence-electron chi connectivity index (χ3n) is 2.97. The maximum absolute atomic E-state index is 13.2. The number of hydrogen-bond donors (Lipinski definition) is 2. The van der Waals surface area contributed by atoms with Crippen molar-refractivity contribution in [2.24, 2.45) is 5.73 Å². The Bertz CT molecular complexity index is 880. The number of hydrogen-bond acceptors (Lipinski definition) is 3. The van der Waals surface area contributed by atoms with Crippen LogP contribution in [0.15, 0.2) is 23.1 Å². The molecule has 0 radical (unpaired) electrons. The smallest absolute Gasteiger partial charge is 0.321 e. The van der Waals surface area contributed by atoms with Crippen LogP contribution in [0.2, 0.25) is 5.02 Å². The zero-order chi connectivity index (χ0) is 17.6. The number of halogens is 5. The van der Waals surface area contributed by atoms with Crippen molar-refractivity contribution < 1.29 is 30.8 Å². The number of alkyl halides is 4. The minimum Gasteiger partial charge on any atom is -0.364 e. The number of sulfone groups is 1. The highest BCUT2D eigenvalue weighted by Crippen LogP contribution is 2.34. The van der Waals surface area contributed by atoms with Gasteiger partial charge < -0.3 is 10.7 Å². The van der Waals surface area contributed by atoms with Crippen molar-refractivity contribution in [1.82, 2.24) is 4.98 Å². The van der Waals surface area contributed by atoms with E-state index in [1.54, 1.807) is 0 Å². The second-order valence-electron chi connectivity index (χ2n) is 4.70. The Balaban J connectivity index is 2.72. The maximum atomic E-state index is 13.2. The molecule has 0 aliphatic heterocycles. The molecule has 1 aromatic heterocycles. The fourth-order valence-corrected chi connectivity index (χ4v) is 3.94. The molecule has 0 bridgehead atoms. The number of nitrogens with one attached hydrogen (secondary N) is 1. The van der Waals surface area contributed by atoms with E-state index in [4.69, 9.17) is 17.3 Å². The van der Waals surface area contributed by atoms with Gasteiger partial charge in [0, 0.05) is 15.9 Å². The van der Waals surface area contributed by atoms with Crippen LogP contribution < -0.4 is 5.73 Å². The molecular weight excluding hydrogens is 364 g/mol.